The molecule has 0 bridgehead atoms. The van der Waals surface area contributed by atoms with Gasteiger partial charge in [-0.05, 0) is 36.1 Å². The number of rotatable bonds is 7. The molecule has 0 fully saturated rings. The van der Waals surface area contributed by atoms with Gasteiger partial charge in [0.1, 0.15) is 0 Å². The zero-order valence-corrected chi connectivity index (χ0v) is 23.5. The molecule has 0 aromatic heterocycles. The number of benzene rings is 4. The van der Waals surface area contributed by atoms with Gasteiger partial charge in [0.05, 0.1) is 16.1 Å². The van der Waals surface area contributed by atoms with Crippen molar-refractivity contribution in [3.63, 3.8) is 0 Å². The van der Waals surface area contributed by atoms with Crippen LogP contribution in [0.2, 0.25) is 26.2 Å². The van der Waals surface area contributed by atoms with Crippen LogP contribution in [0.4, 0.5) is 0 Å². The van der Waals surface area contributed by atoms with E-state index in [4.69, 9.17) is 0 Å². The van der Waals surface area contributed by atoms with Gasteiger partial charge in [0.25, 0.3) is 0 Å². The maximum Gasteiger partial charge on any atom is 0.0883 e. The fraction of sp³-hybridized carbons (Fsp3) is 0.250. The Bertz CT molecular complexity index is 1090. The van der Waals surface area contributed by atoms with Crippen molar-refractivity contribution in [1.29, 1.82) is 0 Å². The molecule has 34 heavy (non-hydrogen) atoms. The zero-order valence-electron chi connectivity index (χ0n) is 21.5. The van der Waals surface area contributed by atoms with Crippen LogP contribution in [-0.4, -0.2) is 16.1 Å². The van der Waals surface area contributed by atoms with Crippen LogP contribution in [0.3, 0.4) is 0 Å². The van der Waals surface area contributed by atoms with Gasteiger partial charge in [0, 0.05) is 0 Å². The van der Waals surface area contributed by atoms with Crippen LogP contribution in [-0.2, 0) is 0 Å². The van der Waals surface area contributed by atoms with Crippen LogP contribution in [0.25, 0.3) is 0 Å². The second kappa shape index (κ2) is 9.89. The van der Waals surface area contributed by atoms with Crippen molar-refractivity contribution in [2.24, 2.45) is 0 Å². The molecule has 0 saturated carbocycles. The Morgan fingerprint density at radius 1 is 0.412 bits per heavy atom. The number of aryl methyl sites for hydroxylation is 2. The molecular formula is C32H38Si2. The van der Waals surface area contributed by atoms with Crippen LogP contribution >= 0.6 is 0 Å². The predicted molar refractivity (Wildman–Crippen MR) is 155 cm³/mol. The summed E-state index contributed by atoms with van der Waals surface area (Å²) in [5.74, 6) is 0. The molecule has 2 atom stereocenters. The summed E-state index contributed by atoms with van der Waals surface area (Å²) in [4.78, 5) is 0. The fourth-order valence-electron chi connectivity index (χ4n) is 5.69. The average molecular weight is 479 g/mol. The molecule has 4 rings (SSSR count). The minimum Gasteiger partial charge on any atom is -0.0650 e. The monoisotopic (exact) mass is 478 g/mol. The van der Waals surface area contributed by atoms with E-state index in [1.807, 2.05) is 0 Å². The minimum atomic E-state index is -1.93. The fourth-order valence-corrected chi connectivity index (χ4v) is 15.1. The van der Waals surface area contributed by atoms with E-state index < -0.39 is 16.1 Å². The van der Waals surface area contributed by atoms with E-state index >= 15 is 0 Å². The van der Waals surface area contributed by atoms with E-state index in [1.54, 1.807) is 0 Å². The summed E-state index contributed by atoms with van der Waals surface area (Å²) in [6, 6.07) is 41.5. The lowest BCUT2D eigenvalue weighted by atomic mass is 10.0. The van der Waals surface area contributed by atoms with Crippen molar-refractivity contribution in [2.45, 2.75) is 51.1 Å². The van der Waals surface area contributed by atoms with E-state index in [0.29, 0.717) is 11.1 Å². The second-order valence-corrected chi connectivity index (χ2v) is 20.2. The maximum atomic E-state index is 2.59. The molecule has 0 radical (unpaired) electrons. The quantitative estimate of drug-likeness (QED) is 0.241. The Kier molecular flexibility index (Phi) is 7.11. The van der Waals surface area contributed by atoms with Crippen LogP contribution in [0.1, 0.15) is 33.3 Å². The van der Waals surface area contributed by atoms with Crippen molar-refractivity contribution >= 4 is 26.5 Å². The molecule has 2 unspecified atom stereocenters. The van der Waals surface area contributed by atoms with Crippen molar-refractivity contribution in [3.05, 3.63) is 131 Å². The molecule has 2 heteroatoms. The van der Waals surface area contributed by atoms with Gasteiger partial charge in [0.2, 0.25) is 0 Å². The second-order valence-electron chi connectivity index (χ2n) is 11.0. The molecule has 0 nitrogen and oxygen atoms in total. The molecule has 0 aliphatic heterocycles. The van der Waals surface area contributed by atoms with Crippen molar-refractivity contribution < 1.29 is 0 Å². The van der Waals surface area contributed by atoms with Gasteiger partial charge in [0.15, 0.2) is 0 Å². The van der Waals surface area contributed by atoms with E-state index in [-0.39, 0.29) is 0 Å². The van der Waals surface area contributed by atoms with Crippen LogP contribution < -0.4 is 10.4 Å². The maximum absolute atomic E-state index is 2.59. The Morgan fingerprint density at radius 3 is 1.00 bits per heavy atom. The summed E-state index contributed by atoms with van der Waals surface area (Å²) in [5, 5.41) is 3.08. The van der Waals surface area contributed by atoms with Gasteiger partial charge in [-0.15, -0.1) is 0 Å². The molecule has 0 N–H and O–H groups in total. The largest absolute Gasteiger partial charge is 0.0883 e. The summed E-state index contributed by atoms with van der Waals surface area (Å²) in [6.07, 6.45) is 0. The summed E-state index contributed by atoms with van der Waals surface area (Å²) >= 11 is 0. The molecule has 4 aromatic carbocycles. The minimum absolute atomic E-state index is 0.472. The van der Waals surface area contributed by atoms with Gasteiger partial charge in [-0.25, -0.2) is 0 Å². The van der Waals surface area contributed by atoms with Gasteiger partial charge >= 0.3 is 0 Å². The van der Waals surface area contributed by atoms with E-state index in [1.165, 1.54) is 32.6 Å². The number of hydrogen-bond acceptors (Lipinski definition) is 0. The Morgan fingerprint density at radius 2 is 0.706 bits per heavy atom. The molecule has 0 heterocycles. The predicted octanol–water partition coefficient (Wildman–Crippen LogP) is 7.48. The third-order valence-corrected chi connectivity index (χ3v) is 16.2. The molecule has 0 aliphatic rings. The molecule has 174 valence electrons. The van der Waals surface area contributed by atoms with Gasteiger partial charge in [-0.2, -0.15) is 0 Å². The average Bonchev–Trinajstić information content (AvgIpc) is 2.85. The van der Waals surface area contributed by atoms with Crippen molar-refractivity contribution in [3.8, 4) is 0 Å². The van der Waals surface area contributed by atoms with E-state index in [2.05, 4.69) is 149 Å². The Labute approximate surface area is 208 Å². The molecule has 0 spiro atoms. The zero-order chi connectivity index (χ0) is 24.3. The van der Waals surface area contributed by atoms with E-state index in [9.17, 15) is 0 Å². The highest BCUT2D eigenvalue weighted by Gasteiger charge is 2.48. The smallest absolute Gasteiger partial charge is 0.0650 e. The van der Waals surface area contributed by atoms with Crippen LogP contribution in [0, 0.1) is 13.8 Å². The molecule has 0 amide bonds. The first kappa shape index (κ1) is 24.4. The third-order valence-electron chi connectivity index (χ3n) is 7.80. The topological polar surface area (TPSA) is 0 Å². The third kappa shape index (κ3) is 4.89. The Hall–Kier alpha value is -2.69. The lowest BCUT2D eigenvalue weighted by Gasteiger charge is -2.46. The number of hydrogen-bond donors (Lipinski definition) is 0. The standard InChI is InChI=1S/C32H38Si2/c1-25-17-21-27(22-18-25)31(33(3,4)29-13-9-7-10-14-29)32(28-23-19-26(2)20-24-28)34(5,6)30-15-11-8-12-16-30/h7-24,31-32H,1-6H3. The van der Waals surface area contributed by atoms with Crippen molar-refractivity contribution in [2.75, 3.05) is 0 Å². The highest BCUT2D eigenvalue weighted by Crippen LogP contribution is 2.45. The first-order valence-electron chi connectivity index (χ1n) is 12.5. The summed E-state index contributed by atoms with van der Waals surface area (Å²) in [7, 11) is -3.87. The van der Waals surface area contributed by atoms with Crippen LogP contribution in [0.5, 0.6) is 0 Å². The highest BCUT2D eigenvalue weighted by atomic mass is 28.3. The summed E-state index contributed by atoms with van der Waals surface area (Å²) in [5.41, 5.74) is 6.59. The summed E-state index contributed by atoms with van der Waals surface area (Å²) in [6.45, 7) is 14.7. The normalized spacial score (nSPS) is 13.9. The molecule has 0 saturated heterocycles. The molecule has 0 aliphatic carbocycles. The van der Waals surface area contributed by atoms with Gasteiger partial charge < -0.3 is 0 Å². The van der Waals surface area contributed by atoms with E-state index in [0.717, 1.165) is 0 Å². The van der Waals surface area contributed by atoms with Crippen LogP contribution in [0.15, 0.2) is 109 Å². The van der Waals surface area contributed by atoms with Crippen molar-refractivity contribution in [1.82, 2.24) is 0 Å². The first-order valence-corrected chi connectivity index (χ1v) is 18.6. The summed E-state index contributed by atoms with van der Waals surface area (Å²) < 4.78 is 0. The SMILES string of the molecule is Cc1ccc(C(C(c2ccc(C)cc2)[Si](C)(C)c2ccccc2)[Si](C)(C)c2ccccc2)cc1. The first-order chi connectivity index (χ1) is 16.2. The highest BCUT2D eigenvalue weighted by molar-refractivity contribution is 6.96. The molecule has 4 aromatic rings. The lowest BCUT2D eigenvalue weighted by Crippen LogP contribution is -2.58. The van der Waals surface area contributed by atoms with Gasteiger partial charge in [-0.1, -0.05) is 157 Å². The molecular weight excluding hydrogens is 441 g/mol. The van der Waals surface area contributed by atoms with Gasteiger partial charge in [-0.3, -0.25) is 0 Å². The lowest BCUT2D eigenvalue weighted by molar-refractivity contribution is 0.817. The Balaban J connectivity index is 2.00.